The molecule has 1 aliphatic carbocycles. The van der Waals surface area contributed by atoms with Gasteiger partial charge in [0.1, 0.15) is 0 Å². The lowest BCUT2D eigenvalue weighted by molar-refractivity contribution is -0.144. The van der Waals surface area contributed by atoms with E-state index in [2.05, 4.69) is 27.3 Å². The molecule has 0 radical (unpaired) electrons. The maximum Gasteiger partial charge on any atom is 0.310 e. The topological polar surface area (TPSA) is 62.7 Å². The van der Waals surface area contributed by atoms with Gasteiger partial charge in [-0.25, -0.2) is 0 Å². The van der Waals surface area contributed by atoms with Crippen molar-refractivity contribution in [2.75, 3.05) is 20.2 Å². The van der Waals surface area contributed by atoms with E-state index in [0.717, 1.165) is 18.4 Å². The molecule has 0 saturated heterocycles. The molecule has 0 spiro atoms. The quantitative estimate of drug-likeness (QED) is 0.333. The van der Waals surface area contributed by atoms with E-state index in [0.29, 0.717) is 12.6 Å². The van der Waals surface area contributed by atoms with Crippen LogP contribution in [0.2, 0.25) is 0 Å². The van der Waals surface area contributed by atoms with Crippen molar-refractivity contribution in [2.45, 2.75) is 33.2 Å². The second-order valence-electron chi connectivity index (χ2n) is 4.61. The molecule has 1 rings (SSSR count). The predicted octanol–water partition coefficient (Wildman–Crippen LogP) is 1.38. The fourth-order valence-corrected chi connectivity index (χ4v) is 1.52. The zero-order valence-electron chi connectivity index (χ0n) is 11.5. The molecule has 1 fully saturated rings. The van der Waals surface area contributed by atoms with Crippen LogP contribution in [0.15, 0.2) is 4.99 Å². The van der Waals surface area contributed by atoms with Gasteiger partial charge in [0.2, 0.25) is 0 Å². The van der Waals surface area contributed by atoms with Crippen molar-refractivity contribution in [1.29, 1.82) is 0 Å². The molecule has 3 unspecified atom stereocenters. The monoisotopic (exact) mass is 369 g/mol. The maximum absolute atomic E-state index is 11.2. The molecule has 5 nitrogen and oxygen atoms in total. The zero-order chi connectivity index (χ0) is 12.8. The van der Waals surface area contributed by atoms with Crippen LogP contribution >= 0.6 is 24.0 Å². The first kappa shape index (κ1) is 17.5. The van der Waals surface area contributed by atoms with E-state index in [1.165, 1.54) is 13.5 Å². The summed E-state index contributed by atoms with van der Waals surface area (Å²) in [7, 11) is 1.40. The van der Waals surface area contributed by atoms with Gasteiger partial charge in [-0.1, -0.05) is 13.8 Å². The fraction of sp³-hybridized carbons (Fsp3) is 0.833. The Labute approximate surface area is 126 Å². The number of rotatable bonds is 5. The van der Waals surface area contributed by atoms with Crippen molar-refractivity contribution < 1.29 is 9.53 Å². The van der Waals surface area contributed by atoms with E-state index in [9.17, 15) is 4.79 Å². The van der Waals surface area contributed by atoms with E-state index >= 15 is 0 Å². The van der Waals surface area contributed by atoms with Gasteiger partial charge >= 0.3 is 5.97 Å². The summed E-state index contributed by atoms with van der Waals surface area (Å²) in [6.45, 7) is 7.32. The van der Waals surface area contributed by atoms with Crippen molar-refractivity contribution in [3.63, 3.8) is 0 Å². The third-order valence-electron chi connectivity index (χ3n) is 2.90. The van der Waals surface area contributed by atoms with Crippen molar-refractivity contribution in [1.82, 2.24) is 10.6 Å². The summed E-state index contributed by atoms with van der Waals surface area (Å²) in [4.78, 5) is 15.6. The van der Waals surface area contributed by atoms with Gasteiger partial charge in [-0.2, -0.15) is 0 Å². The summed E-state index contributed by atoms with van der Waals surface area (Å²) >= 11 is 0. The minimum absolute atomic E-state index is 0. The Kier molecular flexibility index (Phi) is 8.30. The number of nitrogens with one attached hydrogen (secondary N) is 2. The number of aliphatic imine (C=N–C) groups is 1. The van der Waals surface area contributed by atoms with Gasteiger partial charge in [-0.05, 0) is 19.3 Å². The largest absolute Gasteiger partial charge is 0.469 e. The van der Waals surface area contributed by atoms with E-state index in [1.54, 1.807) is 0 Å². The van der Waals surface area contributed by atoms with Gasteiger partial charge in [-0.3, -0.25) is 9.79 Å². The molecule has 0 aromatic heterocycles. The molecule has 18 heavy (non-hydrogen) atoms. The summed E-state index contributed by atoms with van der Waals surface area (Å²) in [5.41, 5.74) is 0. The Morgan fingerprint density at radius 1 is 1.56 bits per heavy atom. The minimum atomic E-state index is -0.218. The third-order valence-corrected chi connectivity index (χ3v) is 2.90. The Balaban J connectivity index is 0.00000289. The Bertz CT molecular complexity index is 297. The van der Waals surface area contributed by atoms with Crippen LogP contribution in [-0.2, 0) is 9.53 Å². The number of nitrogens with zero attached hydrogens (tertiary/aromatic N) is 1. The van der Waals surface area contributed by atoms with Crippen molar-refractivity contribution in [3.05, 3.63) is 0 Å². The average Bonchev–Trinajstić information content (AvgIpc) is 3.00. The molecule has 0 aromatic rings. The number of hydrogen-bond donors (Lipinski definition) is 2. The second-order valence-corrected chi connectivity index (χ2v) is 4.61. The summed E-state index contributed by atoms with van der Waals surface area (Å²) in [6, 6.07) is 0.529. The van der Waals surface area contributed by atoms with Gasteiger partial charge in [0.15, 0.2) is 5.96 Å². The van der Waals surface area contributed by atoms with Crippen LogP contribution in [0, 0.1) is 11.8 Å². The number of guanidine groups is 1. The third kappa shape index (κ3) is 5.88. The lowest BCUT2D eigenvalue weighted by Gasteiger charge is -2.12. The van der Waals surface area contributed by atoms with Crippen LogP contribution < -0.4 is 10.6 Å². The standard InChI is InChI=1S/C12H23N3O2.HI/c1-5-13-12(15-10-6-8(10)2)14-7-9(3)11(16)17-4;/h8-10H,5-7H2,1-4H3,(H2,13,14,15);1H. The lowest BCUT2D eigenvalue weighted by atomic mass is 10.2. The molecule has 6 heteroatoms. The molecule has 0 aromatic carbocycles. The summed E-state index contributed by atoms with van der Waals surface area (Å²) in [5.74, 6) is 1.09. The lowest BCUT2D eigenvalue weighted by Crippen LogP contribution is -2.39. The molecule has 1 aliphatic rings. The van der Waals surface area contributed by atoms with E-state index in [4.69, 9.17) is 0 Å². The number of carbonyl (C=O) groups excluding carboxylic acids is 1. The number of methoxy groups -OCH3 is 1. The predicted molar refractivity (Wildman–Crippen MR) is 83.3 cm³/mol. The highest BCUT2D eigenvalue weighted by Crippen LogP contribution is 2.28. The van der Waals surface area contributed by atoms with Crippen LogP contribution in [0.4, 0.5) is 0 Å². The molecular weight excluding hydrogens is 345 g/mol. The normalized spacial score (nSPS) is 23.7. The Hall–Kier alpha value is -0.530. The van der Waals surface area contributed by atoms with Crippen molar-refractivity contribution in [3.8, 4) is 0 Å². The van der Waals surface area contributed by atoms with Gasteiger partial charge in [-0.15, -0.1) is 24.0 Å². The smallest absolute Gasteiger partial charge is 0.310 e. The Morgan fingerprint density at radius 2 is 2.17 bits per heavy atom. The second kappa shape index (κ2) is 8.55. The van der Waals surface area contributed by atoms with Gasteiger partial charge in [0.25, 0.3) is 0 Å². The van der Waals surface area contributed by atoms with Crippen LogP contribution in [0.25, 0.3) is 0 Å². The number of hydrogen-bond acceptors (Lipinski definition) is 3. The zero-order valence-corrected chi connectivity index (χ0v) is 13.9. The Morgan fingerprint density at radius 3 is 2.61 bits per heavy atom. The summed E-state index contributed by atoms with van der Waals surface area (Å²) in [5, 5.41) is 6.51. The number of carbonyl (C=O) groups is 1. The van der Waals surface area contributed by atoms with Gasteiger partial charge in [0, 0.05) is 12.6 Å². The molecule has 0 aliphatic heterocycles. The number of esters is 1. The first-order valence-electron chi connectivity index (χ1n) is 6.21. The summed E-state index contributed by atoms with van der Waals surface area (Å²) < 4.78 is 4.67. The summed E-state index contributed by atoms with van der Waals surface area (Å²) in [6.07, 6.45) is 1.19. The van der Waals surface area contributed by atoms with Crippen molar-refractivity contribution >= 4 is 35.9 Å². The van der Waals surface area contributed by atoms with E-state index in [1.807, 2.05) is 13.8 Å². The minimum Gasteiger partial charge on any atom is -0.469 e. The average molecular weight is 369 g/mol. The molecule has 0 bridgehead atoms. The van der Waals surface area contributed by atoms with Crippen molar-refractivity contribution in [2.24, 2.45) is 16.8 Å². The molecule has 106 valence electrons. The first-order valence-corrected chi connectivity index (χ1v) is 6.21. The van der Waals surface area contributed by atoms with Gasteiger partial charge in [0.05, 0.1) is 19.6 Å². The highest BCUT2D eigenvalue weighted by atomic mass is 127. The molecule has 1 saturated carbocycles. The van der Waals surface area contributed by atoms with Crippen LogP contribution in [-0.4, -0.2) is 38.2 Å². The first-order chi connectivity index (χ1) is 8.08. The molecular formula is C12H24IN3O2. The SMILES string of the molecule is CCNC(=NCC(C)C(=O)OC)NC1CC1C.I. The maximum atomic E-state index is 11.2. The molecule has 3 atom stereocenters. The highest BCUT2D eigenvalue weighted by Gasteiger charge is 2.33. The van der Waals surface area contributed by atoms with Crippen LogP contribution in [0.1, 0.15) is 27.2 Å². The number of ether oxygens (including phenoxy) is 1. The number of halogens is 1. The fourth-order valence-electron chi connectivity index (χ4n) is 1.52. The van der Waals surface area contributed by atoms with Crippen LogP contribution in [0.3, 0.4) is 0 Å². The van der Waals surface area contributed by atoms with E-state index < -0.39 is 0 Å². The van der Waals surface area contributed by atoms with Gasteiger partial charge < -0.3 is 15.4 Å². The van der Waals surface area contributed by atoms with E-state index in [-0.39, 0.29) is 35.9 Å². The van der Waals surface area contributed by atoms with Crippen LogP contribution in [0.5, 0.6) is 0 Å². The molecule has 2 N–H and O–H groups in total. The molecule has 0 amide bonds. The molecule has 0 heterocycles. The highest BCUT2D eigenvalue weighted by molar-refractivity contribution is 14.0.